The van der Waals surface area contributed by atoms with Gasteiger partial charge in [0.2, 0.25) is 0 Å². The molecule has 3 heteroatoms. The minimum Gasteiger partial charge on any atom is -0.254 e. The van der Waals surface area contributed by atoms with Gasteiger partial charge in [-0.05, 0) is 20.0 Å². The van der Waals surface area contributed by atoms with Crippen LogP contribution in [0.25, 0.3) is 0 Å². The van der Waals surface area contributed by atoms with Gasteiger partial charge in [0.05, 0.1) is 0 Å². The van der Waals surface area contributed by atoms with Crippen LogP contribution in [0.2, 0.25) is 0 Å². The predicted molar refractivity (Wildman–Crippen MR) is 54.3 cm³/mol. The third-order valence-corrected chi connectivity index (χ3v) is 2.33. The first-order chi connectivity index (χ1) is 5.26. The van der Waals surface area contributed by atoms with Gasteiger partial charge in [0.25, 0.3) is 0 Å². The SMILES string of the molecule is C=NN(PC)/C(C)=C\CCC. The van der Waals surface area contributed by atoms with E-state index in [2.05, 4.69) is 38.4 Å². The van der Waals surface area contributed by atoms with Crippen LogP contribution in [-0.4, -0.2) is 18.2 Å². The van der Waals surface area contributed by atoms with E-state index in [-0.39, 0.29) is 0 Å². The summed E-state index contributed by atoms with van der Waals surface area (Å²) in [5, 5.41) is 3.89. The largest absolute Gasteiger partial charge is 0.254 e. The van der Waals surface area contributed by atoms with Crippen LogP contribution in [-0.2, 0) is 0 Å². The van der Waals surface area contributed by atoms with E-state index in [9.17, 15) is 0 Å². The van der Waals surface area contributed by atoms with Crippen LogP contribution in [0.3, 0.4) is 0 Å². The van der Waals surface area contributed by atoms with Crippen molar-refractivity contribution in [1.82, 2.24) is 4.78 Å². The average Bonchev–Trinajstić information content (AvgIpc) is 2.03. The van der Waals surface area contributed by atoms with Gasteiger partial charge in [0.15, 0.2) is 0 Å². The molecule has 0 amide bonds. The molecule has 1 unspecified atom stereocenters. The molecule has 0 bridgehead atoms. The lowest BCUT2D eigenvalue weighted by Crippen LogP contribution is -2.01. The third kappa shape index (κ3) is 4.15. The molecule has 0 heterocycles. The molecule has 0 fully saturated rings. The second-order valence-corrected chi connectivity index (χ2v) is 3.18. The average molecular weight is 172 g/mol. The Kier molecular flexibility index (Phi) is 6.15. The maximum absolute atomic E-state index is 3.89. The third-order valence-electron chi connectivity index (χ3n) is 1.42. The molecule has 0 aromatic heterocycles. The van der Waals surface area contributed by atoms with Crippen LogP contribution in [0.4, 0.5) is 0 Å². The van der Waals surface area contributed by atoms with Gasteiger partial charge in [-0.3, -0.25) is 4.78 Å². The molecule has 0 aliphatic heterocycles. The standard InChI is InChI=1S/C8H17N2P/c1-5-6-7-8(2)10(9-3)11-4/h7,11H,3,5-6H2,1-2,4H3/b8-7-. The van der Waals surface area contributed by atoms with Crippen molar-refractivity contribution in [3.63, 3.8) is 0 Å². The molecule has 11 heavy (non-hydrogen) atoms. The van der Waals surface area contributed by atoms with E-state index in [4.69, 9.17) is 0 Å². The first-order valence-corrected chi connectivity index (χ1v) is 5.31. The molecule has 0 saturated heterocycles. The highest BCUT2D eigenvalue weighted by molar-refractivity contribution is 7.34. The summed E-state index contributed by atoms with van der Waals surface area (Å²) < 4.78 is 1.93. The molecule has 0 saturated carbocycles. The molecule has 2 nitrogen and oxygen atoms in total. The smallest absolute Gasteiger partial charge is 0.0334 e. The lowest BCUT2D eigenvalue weighted by molar-refractivity contribution is 0.612. The van der Waals surface area contributed by atoms with Gasteiger partial charge in [-0.2, -0.15) is 5.10 Å². The Morgan fingerprint density at radius 3 is 2.73 bits per heavy atom. The fourth-order valence-corrected chi connectivity index (χ4v) is 1.38. The number of nitrogens with zero attached hydrogens (tertiary/aromatic N) is 2. The van der Waals surface area contributed by atoms with Gasteiger partial charge in [-0.1, -0.05) is 19.4 Å². The highest BCUT2D eigenvalue weighted by atomic mass is 31.1. The molecule has 1 atom stereocenters. The van der Waals surface area contributed by atoms with Crippen molar-refractivity contribution in [1.29, 1.82) is 0 Å². The minimum atomic E-state index is 0.676. The maximum Gasteiger partial charge on any atom is 0.0334 e. The quantitative estimate of drug-likeness (QED) is 0.353. The van der Waals surface area contributed by atoms with Gasteiger partial charge in [-0.25, -0.2) is 0 Å². The second-order valence-electron chi connectivity index (χ2n) is 2.31. The Balaban J connectivity index is 3.95. The fraction of sp³-hybridized carbons (Fsp3) is 0.625. The van der Waals surface area contributed by atoms with E-state index in [1.807, 2.05) is 4.78 Å². The van der Waals surface area contributed by atoms with Crippen LogP contribution < -0.4 is 0 Å². The second kappa shape index (κ2) is 6.36. The predicted octanol–water partition coefficient (Wildman–Crippen LogP) is 2.83. The fourth-order valence-electron chi connectivity index (χ4n) is 0.798. The molecule has 0 aromatic rings. The Morgan fingerprint density at radius 1 is 1.73 bits per heavy atom. The zero-order valence-electron chi connectivity index (χ0n) is 7.59. The van der Waals surface area contributed by atoms with Crippen LogP contribution in [0.1, 0.15) is 26.7 Å². The summed E-state index contributed by atoms with van der Waals surface area (Å²) >= 11 is 0. The summed E-state index contributed by atoms with van der Waals surface area (Å²) in [5.74, 6) is 0. The number of hydrogen-bond donors (Lipinski definition) is 0. The van der Waals surface area contributed by atoms with Gasteiger partial charge in [0.1, 0.15) is 0 Å². The van der Waals surface area contributed by atoms with Gasteiger partial charge in [0, 0.05) is 21.1 Å². The Morgan fingerprint density at radius 2 is 2.36 bits per heavy atom. The van der Waals surface area contributed by atoms with Crippen molar-refractivity contribution in [2.75, 3.05) is 6.66 Å². The van der Waals surface area contributed by atoms with Crippen LogP contribution in [0.5, 0.6) is 0 Å². The lowest BCUT2D eigenvalue weighted by atomic mass is 10.3. The van der Waals surface area contributed by atoms with E-state index in [0.717, 1.165) is 6.42 Å². The van der Waals surface area contributed by atoms with Crippen LogP contribution >= 0.6 is 8.73 Å². The zero-order chi connectivity index (χ0) is 8.69. The van der Waals surface area contributed by atoms with Crippen molar-refractivity contribution in [3.05, 3.63) is 11.8 Å². The summed E-state index contributed by atoms with van der Waals surface area (Å²) in [7, 11) is 0.676. The molecular weight excluding hydrogens is 155 g/mol. The van der Waals surface area contributed by atoms with E-state index < -0.39 is 0 Å². The van der Waals surface area contributed by atoms with E-state index in [0.29, 0.717) is 8.73 Å². The molecule has 0 N–H and O–H groups in total. The zero-order valence-corrected chi connectivity index (χ0v) is 8.59. The Labute approximate surface area is 71.2 Å². The van der Waals surface area contributed by atoms with E-state index >= 15 is 0 Å². The number of hydrogen-bond acceptors (Lipinski definition) is 2. The van der Waals surface area contributed by atoms with Gasteiger partial charge >= 0.3 is 0 Å². The molecule has 64 valence electrons. The maximum atomic E-state index is 3.89. The molecular formula is C8H17N2P. The van der Waals surface area contributed by atoms with Crippen LogP contribution in [0, 0.1) is 0 Å². The minimum absolute atomic E-state index is 0.676. The molecule has 0 spiro atoms. The number of unbranched alkanes of at least 4 members (excludes halogenated alkanes) is 1. The summed E-state index contributed by atoms with van der Waals surface area (Å²) in [6.07, 6.45) is 4.52. The van der Waals surface area contributed by atoms with Crippen molar-refractivity contribution in [2.45, 2.75) is 26.7 Å². The number of hydrazone groups is 1. The summed E-state index contributed by atoms with van der Waals surface area (Å²) in [6.45, 7) is 9.84. The molecule has 0 aromatic carbocycles. The highest BCUT2D eigenvalue weighted by Crippen LogP contribution is 2.19. The van der Waals surface area contributed by atoms with Gasteiger partial charge in [-0.15, -0.1) is 0 Å². The summed E-state index contributed by atoms with van der Waals surface area (Å²) in [6, 6.07) is 0. The number of rotatable bonds is 5. The van der Waals surface area contributed by atoms with Crippen molar-refractivity contribution < 1.29 is 0 Å². The molecule has 0 rings (SSSR count). The summed E-state index contributed by atoms with van der Waals surface area (Å²) in [4.78, 5) is 0. The molecule has 0 aliphatic rings. The van der Waals surface area contributed by atoms with Crippen molar-refractivity contribution in [3.8, 4) is 0 Å². The normalized spacial score (nSPS) is 12.5. The monoisotopic (exact) mass is 172 g/mol. The lowest BCUT2D eigenvalue weighted by Gasteiger charge is -2.15. The van der Waals surface area contributed by atoms with Crippen LogP contribution in [0.15, 0.2) is 16.9 Å². The molecule has 0 aliphatic carbocycles. The van der Waals surface area contributed by atoms with Crippen molar-refractivity contribution in [2.24, 2.45) is 5.10 Å². The first kappa shape index (κ1) is 10.6. The summed E-state index contributed by atoms with van der Waals surface area (Å²) in [5.41, 5.74) is 1.21. The van der Waals surface area contributed by atoms with E-state index in [1.54, 1.807) is 0 Å². The molecule has 0 radical (unpaired) electrons. The number of allylic oxidation sites excluding steroid dienone is 2. The Hall–Kier alpha value is -0.360. The topological polar surface area (TPSA) is 15.6 Å². The van der Waals surface area contributed by atoms with Crippen molar-refractivity contribution >= 4 is 15.4 Å². The first-order valence-electron chi connectivity index (χ1n) is 3.87. The highest BCUT2D eigenvalue weighted by Gasteiger charge is 1.96. The van der Waals surface area contributed by atoms with E-state index in [1.165, 1.54) is 12.1 Å². The van der Waals surface area contributed by atoms with Gasteiger partial charge < -0.3 is 0 Å². The Bertz CT molecular complexity index is 143.